The highest BCUT2D eigenvalue weighted by atomic mass is 32.2. The summed E-state index contributed by atoms with van der Waals surface area (Å²) in [4.78, 5) is 1.57. The highest BCUT2D eigenvalue weighted by Gasteiger charge is 2.38. The number of halogens is 3. The van der Waals surface area contributed by atoms with Crippen LogP contribution in [0.25, 0.3) is 0 Å². The maximum atomic E-state index is 13.2. The molecule has 2 heterocycles. The average Bonchev–Trinajstić information content (AvgIpc) is 2.67. The van der Waals surface area contributed by atoms with E-state index in [-0.39, 0.29) is 31.7 Å². The first-order valence-corrected chi connectivity index (χ1v) is 12.3. The lowest BCUT2D eigenvalue weighted by molar-refractivity contribution is -0.138. The number of nitrogens with zero attached hydrogens (tertiary/aromatic N) is 4. The maximum absolute atomic E-state index is 13.2. The van der Waals surface area contributed by atoms with Gasteiger partial charge in [-0.1, -0.05) is 6.07 Å². The van der Waals surface area contributed by atoms with Crippen molar-refractivity contribution in [1.29, 1.82) is 0 Å². The van der Waals surface area contributed by atoms with Gasteiger partial charge in [-0.15, -0.1) is 0 Å². The van der Waals surface area contributed by atoms with E-state index in [9.17, 15) is 30.0 Å². The second kappa shape index (κ2) is 8.36. The molecule has 0 amide bonds. The summed E-state index contributed by atoms with van der Waals surface area (Å²) in [5.41, 5.74) is -1.07. The first-order valence-electron chi connectivity index (χ1n) is 9.45. The van der Waals surface area contributed by atoms with Gasteiger partial charge >= 0.3 is 6.18 Å². The number of benzene rings is 1. The summed E-state index contributed by atoms with van der Waals surface area (Å²) >= 11 is 0. The molecule has 1 aromatic carbocycles. The van der Waals surface area contributed by atoms with Crippen molar-refractivity contribution in [3.63, 3.8) is 0 Å². The normalized spacial score (nSPS) is 21.8. The molecule has 0 bridgehead atoms. The summed E-state index contributed by atoms with van der Waals surface area (Å²) in [6, 6.07) is 2.91. The molecule has 1 aromatic rings. The van der Waals surface area contributed by atoms with Gasteiger partial charge in [-0.05, 0) is 31.7 Å². The number of hydrogen-bond acceptors (Lipinski definition) is 5. The zero-order chi connectivity index (χ0) is 22.3. The third-order valence-electron chi connectivity index (χ3n) is 5.46. The summed E-state index contributed by atoms with van der Waals surface area (Å²) in [6.07, 6.45) is -4.66. The molecular formula is C17H25F3N4O4S2. The number of alkyl halides is 3. The van der Waals surface area contributed by atoms with Crippen LogP contribution in [0.1, 0.15) is 11.1 Å². The van der Waals surface area contributed by atoms with Crippen molar-refractivity contribution >= 4 is 20.2 Å². The Morgan fingerprint density at radius 3 is 1.77 bits per heavy atom. The van der Waals surface area contributed by atoms with Gasteiger partial charge in [0, 0.05) is 52.4 Å². The molecule has 0 unspecified atom stereocenters. The third-order valence-corrected chi connectivity index (χ3v) is 9.39. The van der Waals surface area contributed by atoms with Gasteiger partial charge < -0.3 is 4.90 Å². The van der Waals surface area contributed by atoms with Gasteiger partial charge in [0.1, 0.15) is 0 Å². The van der Waals surface area contributed by atoms with E-state index in [1.54, 1.807) is 0 Å². The smallest absolute Gasteiger partial charge is 0.304 e. The van der Waals surface area contributed by atoms with Crippen LogP contribution in [0.3, 0.4) is 0 Å². The van der Waals surface area contributed by atoms with Crippen molar-refractivity contribution in [2.75, 3.05) is 59.4 Å². The first kappa shape index (κ1) is 23.4. The molecule has 2 fully saturated rings. The van der Waals surface area contributed by atoms with Crippen LogP contribution in [0, 0.1) is 6.92 Å². The Kier molecular flexibility index (Phi) is 6.52. The topological polar surface area (TPSA) is 81.2 Å². The van der Waals surface area contributed by atoms with E-state index in [0.717, 1.165) is 16.4 Å². The fourth-order valence-electron chi connectivity index (χ4n) is 3.54. The molecule has 0 spiro atoms. The largest absolute Gasteiger partial charge is 0.416 e. The Morgan fingerprint density at radius 2 is 1.27 bits per heavy atom. The molecule has 2 saturated heterocycles. The minimum absolute atomic E-state index is 0.0497. The molecule has 2 aliphatic heterocycles. The lowest BCUT2D eigenvalue weighted by atomic mass is 10.1. The van der Waals surface area contributed by atoms with E-state index in [1.165, 1.54) is 15.5 Å². The highest BCUT2D eigenvalue weighted by molar-refractivity contribution is 7.89. The molecule has 3 rings (SSSR count). The molecule has 2 aliphatic rings. The third kappa shape index (κ3) is 4.65. The van der Waals surface area contributed by atoms with Crippen molar-refractivity contribution in [3.05, 3.63) is 29.3 Å². The van der Waals surface area contributed by atoms with Crippen molar-refractivity contribution in [3.8, 4) is 0 Å². The molecule has 170 valence electrons. The fraction of sp³-hybridized carbons (Fsp3) is 0.647. The van der Waals surface area contributed by atoms with Gasteiger partial charge in [0.15, 0.2) is 0 Å². The summed E-state index contributed by atoms with van der Waals surface area (Å²) in [7, 11) is -5.97. The van der Waals surface area contributed by atoms with Gasteiger partial charge in [-0.3, -0.25) is 0 Å². The molecule has 0 aliphatic carbocycles. The molecule has 0 N–H and O–H groups in total. The fourth-order valence-corrected chi connectivity index (χ4v) is 6.56. The number of piperazine rings is 2. The van der Waals surface area contributed by atoms with E-state index in [4.69, 9.17) is 0 Å². The number of hydrogen-bond donors (Lipinski definition) is 0. The van der Waals surface area contributed by atoms with Crippen LogP contribution >= 0.6 is 0 Å². The molecular weight excluding hydrogens is 445 g/mol. The SMILES string of the molecule is Cc1ccc(S(=O)(=O)N2CCN(S(=O)(=O)N3CCN(C)CC3)CC2)cc1C(F)(F)F. The predicted molar refractivity (Wildman–Crippen MR) is 105 cm³/mol. The summed E-state index contributed by atoms with van der Waals surface area (Å²) in [5.74, 6) is 0. The lowest BCUT2D eigenvalue weighted by Crippen LogP contribution is -2.57. The van der Waals surface area contributed by atoms with Crippen LogP contribution in [0.2, 0.25) is 0 Å². The second-order valence-electron chi connectivity index (χ2n) is 7.49. The van der Waals surface area contributed by atoms with Gasteiger partial charge in [0.2, 0.25) is 10.0 Å². The lowest BCUT2D eigenvalue weighted by Gasteiger charge is -2.38. The minimum atomic E-state index is -4.66. The Hall–Kier alpha value is -1.25. The molecule has 13 heteroatoms. The first-order chi connectivity index (χ1) is 13.8. The minimum Gasteiger partial charge on any atom is -0.304 e. The zero-order valence-electron chi connectivity index (χ0n) is 16.8. The summed E-state index contributed by atoms with van der Waals surface area (Å²) in [6.45, 7) is 2.88. The number of rotatable bonds is 4. The molecule has 0 aromatic heterocycles. The number of aryl methyl sites for hydroxylation is 1. The zero-order valence-corrected chi connectivity index (χ0v) is 18.4. The van der Waals surface area contributed by atoms with Crippen molar-refractivity contribution in [2.24, 2.45) is 0 Å². The van der Waals surface area contributed by atoms with E-state index in [1.807, 2.05) is 11.9 Å². The van der Waals surface area contributed by atoms with Crippen LogP contribution in [0.4, 0.5) is 13.2 Å². The van der Waals surface area contributed by atoms with Crippen LogP contribution in [0.15, 0.2) is 23.1 Å². The van der Waals surface area contributed by atoms with E-state index in [0.29, 0.717) is 32.2 Å². The van der Waals surface area contributed by atoms with E-state index < -0.39 is 36.9 Å². The second-order valence-corrected chi connectivity index (χ2v) is 11.4. The predicted octanol–water partition coefficient (Wildman–Crippen LogP) is 0.812. The number of sulfonamides is 1. The quantitative estimate of drug-likeness (QED) is 0.651. The maximum Gasteiger partial charge on any atom is 0.416 e. The Morgan fingerprint density at radius 1 is 0.800 bits per heavy atom. The molecule has 0 radical (unpaired) electrons. The molecule has 8 nitrogen and oxygen atoms in total. The Bertz CT molecular complexity index is 983. The van der Waals surface area contributed by atoms with E-state index in [2.05, 4.69) is 0 Å². The van der Waals surface area contributed by atoms with Crippen LogP contribution in [-0.4, -0.2) is 94.1 Å². The van der Waals surface area contributed by atoms with Gasteiger partial charge in [-0.25, -0.2) is 8.42 Å². The highest BCUT2D eigenvalue weighted by Crippen LogP contribution is 2.34. The Balaban J connectivity index is 1.73. The average molecular weight is 471 g/mol. The monoisotopic (exact) mass is 470 g/mol. The van der Waals surface area contributed by atoms with Crippen LogP contribution in [-0.2, 0) is 26.4 Å². The molecule has 30 heavy (non-hydrogen) atoms. The van der Waals surface area contributed by atoms with Crippen LogP contribution < -0.4 is 0 Å². The van der Waals surface area contributed by atoms with Crippen LogP contribution in [0.5, 0.6) is 0 Å². The van der Waals surface area contributed by atoms with Crippen molar-refractivity contribution in [1.82, 2.24) is 17.8 Å². The van der Waals surface area contributed by atoms with Gasteiger partial charge in [-0.2, -0.15) is 34.5 Å². The standard InChI is InChI=1S/C17H25F3N4O4S2/c1-14-3-4-15(13-16(14)17(18,19)20)29(25,26)22-9-11-24(12-10-22)30(27,28)23-7-5-21(2)6-8-23/h3-4,13H,5-12H2,1-2H3. The molecule has 0 saturated carbocycles. The Labute approximate surface area is 175 Å². The van der Waals surface area contributed by atoms with E-state index >= 15 is 0 Å². The van der Waals surface area contributed by atoms with Gasteiger partial charge in [0.05, 0.1) is 10.5 Å². The van der Waals surface area contributed by atoms with Gasteiger partial charge in [0.25, 0.3) is 10.2 Å². The van der Waals surface area contributed by atoms with Crippen molar-refractivity contribution in [2.45, 2.75) is 18.0 Å². The van der Waals surface area contributed by atoms with Crippen molar-refractivity contribution < 1.29 is 30.0 Å². The summed E-state index contributed by atoms with van der Waals surface area (Å²) < 4.78 is 94.4. The molecule has 0 atom stereocenters. The summed E-state index contributed by atoms with van der Waals surface area (Å²) in [5, 5.41) is 0. The number of likely N-dealkylation sites (N-methyl/N-ethyl adjacent to an activating group) is 1.